The Bertz CT molecular complexity index is 414. The second-order valence-electron chi connectivity index (χ2n) is 4.75. The third-order valence-electron chi connectivity index (χ3n) is 3.44. The summed E-state index contributed by atoms with van der Waals surface area (Å²) >= 11 is 0. The molecule has 1 aromatic heterocycles. The first kappa shape index (κ1) is 12.8. The van der Waals surface area contributed by atoms with Gasteiger partial charge in [-0.25, -0.2) is 4.98 Å². The number of hydrogen-bond acceptors (Lipinski definition) is 4. The van der Waals surface area contributed by atoms with E-state index in [9.17, 15) is 9.90 Å². The van der Waals surface area contributed by atoms with Crippen LogP contribution in [0.4, 0.5) is 5.82 Å². The molecule has 98 valence electrons. The number of carbonyl (C=O) groups is 1. The predicted octanol–water partition coefficient (Wildman–Crippen LogP) is 0.666. The minimum Gasteiger partial charge on any atom is -0.392 e. The number of nitrogens with two attached hydrogens (primary N) is 1. The van der Waals surface area contributed by atoms with E-state index in [1.54, 1.807) is 6.20 Å². The number of rotatable bonds is 4. The molecule has 0 bridgehead atoms. The van der Waals surface area contributed by atoms with Gasteiger partial charge in [0.1, 0.15) is 5.82 Å². The summed E-state index contributed by atoms with van der Waals surface area (Å²) in [7, 11) is 0. The van der Waals surface area contributed by atoms with Crippen molar-refractivity contribution in [2.75, 3.05) is 18.0 Å². The van der Waals surface area contributed by atoms with Gasteiger partial charge in [0.15, 0.2) is 0 Å². The Morgan fingerprint density at radius 2 is 2.22 bits per heavy atom. The number of aliphatic hydroxyl groups excluding tert-OH is 1. The van der Waals surface area contributed by atoms with E-state index in [1.807, 2.05) is 12.1 Å². The maximum absolute atomic E-state index is 10.9. The average molecular weight is 249 g/mol. The molecule has 1 fully saturated rings. The summed E-state index contributed by atoms with van der Waals surface area (Å²) in [5, 5.41) is 9.29. The fourth-order valence-corrected chi connectivity index (χ4v) is 2.47. The number of piperidine rings is 1. The Kier molecular flexibility index (Phi) is 4.15. The molecule has 1 aliphatic rings. The highest BCUT2D eigenvalue weighted by molar-refractivity contribution is 5.74. The van der Waals surface area contributed by atoms with E-state index in [2.05, 4.69) is 9.88 Å². The summed E-state index contributed by atoms with van der Waals surface area (Å²) in [6.07, 6.45) is 4.11. The molecule has 0 saturated carbocycles. The topological polar surface area (TPSA) is 79.5 Å². The Morgan fingerprint density at radius 1 is 1.50 bits per heavy atom. The number of anilines is 1. The van der Waals surface area contributed by atoms with Crippen molar-refractivity contribution in [2.24, 2.45) is 11.7 Å². The van der Waals surface area contributed by atoms with Crippen LogP contribution in [0.3, 0.4) is 0 Å². The van der Waals surface area contributed by atoms with Crippen molar-refractivity contribution >= 4 is 11.7 Å². The lowest BCUT2D eigenvalue weighted by atomic mass is 9.93. The average Bonchev–Trinajstić information content (AvgIpc) is 2.39. The Morgan fingerprint density at radius 3 is 2.83 bits per heavy atom. The second-order valence-corrected chi connectivity index (χ2v) is 4.75. The lowest BCUT2D eigenvalue weighted by Gasteiger charge is -2.33. The summed E-state index contributed by atoms with van der Waals surface area (Å²) in [5.74, 6) is 1.03. The Balaban J connectivity index is 1.99. The molecule has 5 heteroatoms. The fourth-order valence-electron chi connectivity index (χ4n) is 2.47. The van der Waals surface area contributed by atoms with Gasteiger partial charge in [0.05, 0.1) is 6.61 Å². The molecule has 0 aromatic carbocycles. The van der Waals surface area contributed by atoms with E-state index in [0.29, 0.717) is 12.3 Å². The van der Waals surface area contributed by atoms with Crippen molar-refractivity contribution in [1.29, 1.82) is 0 Å². The molecular formula is C13H19N3O2. The number of carbonyl (C=O) groups excluding carboxylic acids is 1. The van der Waals surface area contributed by atoms with Crippen molar-refractivity contribution in [1.82, 2.24) is 4.98 Å². The highest BCUT2D eigenvalue weighted by atomic mass is 16.3. The number of hydrogen-bond donors (Lipinski definition) is 2. The van der Waals surface area contributed by atoms with Crippen molar-refractivity contribution in [3.8, 4) is 0 Å². The first-order valence-corrected chi connectivity index (χ1v) is 6.28. The molecule has 1 aromatic rings. The number of aromatic nitrogens is 1. The van der Waals surface area contributed by atoms with E-state index >= 15 is 0 Å². The maximum atomic E-state index is 10.9. The smallest absolute Gasteiger partial charge is 0.217 e. The van der Waals surface area contributed by atoms with Crippen molar-refractivity contribution in [3.05, 3.63) is 23.9 Å². The van der Waals surface area contributed by atoms with E-state index < -0.39 is 0 Å². The zero-order chi connectivity index (χ0) is 13.0. The SMILES string of the molecule is NC(=O)CC1CCN(c2ncccc2CO)CC1. The van der Waals surface area contributed by atoms with Gasteiger partial charge in [-0.2, -0.15) is 0 Å². The van der Waals surface area contributed by atoms with Crippen LogP contribution in [0.25, 0.3) is 0 Å². The van der Waals surface area contributed by atoms with E-state index in [0.717, 1.165) is 37.3 Å². The van der Waals surface area contributed by atoms with Crippen molar-refractivity contribution in [2.45, 2.75) is 25.9 Å². The lowest BCUT2D eigenvalue weighted by Crippen LogP contribution is -2.36. The molecule has 0 unspecified atom stereocenters. The van der Waals surface area contributed by atoms with Crippen LogP contribution in [0.2, 0.25) is 0 Å². The van der Waals surface area contributed by atoms with Gasteiger partial charge in [0.25, 0.3) is 0 Å². The largest absolute Gasteiger partial charge is 0.392 e. The molecule has 1 amide bonds. The molecule has 5 nitrogen and oxygen atoms in total. The normalized spacial score (nSPS) is 16.8. The van der Waals surface area contributed by atoms with Crippen molar-refractivity contribution in [3.63, 3.8) is 0 Å². The van der Waals surface area contributed by atoms with E-state index in [1.165, 1.54) is 0 Å². The zero-order valence-electron chi connectivity index (χ0n) is 10.4. The highest BCUT2D eigenvalue weighted by Crippen LogP contribution is 2.25. The van der Waals surface area contributed by atoms with Gasteiger partial charge >= 0.3 is 0 Å². The van der Waals surface area contributed by atoms with Gasteiger partial charge < -0.3 is 15.7 Å². The minimum absolute atomic E-state index is 0.00435. The summed E-state index contributed by atoms with van der Waals surface area (Å²) in [4.78, 5) is 17.4. The monoisotopic (exact) mass is 249 g/mol. The number of aliphatic hydroxyl groups is 1. The third kappa shape index (κ3) is 2.98. The Hall–Kier alpha value is -1.62. The van der Waals surface area contributed by atoms with Crippen molar-refractivity contribution < 1.29 is 9.90 Å². The summed E-state index contributed by atoms with van der Waals surface area (Å²) < 4.78 is 0. The highest BCUT2D eigenvalue weighted by Gasteiger charge is 2.22. The van der Waals surface area contributed by atoms with Crippen LogP contribution in [0.1, 0.15) is 24.8 Å². The number of pyridine rings is 1. The Labute approximate surface area is 107 Å². The summed E-state index contributed by atoms with van der Waals surface area (Å²) in [6, 6.07) is 3.72. The van der Waals surface area contributed by atoms with Gasteiger partial charge in [0, 0.05) is 31.3 Å². The van der Waals surface area contributed by atoms with Crippen LogP contribution < -0.4 is 10.6 Å². The number of nitrogens with zero attached hydrogens (tertiary/aromatic N) is 2. The molecule has 0 radical (unpaired) electrons. The van der Waals surface area contributed by atoms with Crippen LogP contribution in [-0.4, -0.2) is 29.1 Å². The van der Waals surface area contributed by atoms with Gasteiger partial charge in [-0.3, -0.25) is 4.79 Å². The summed E-state index contributed by atoms with van der Waals surface area (Å²) in [6.45, 7) is 1.73. The van der Waals surface area contributed by atoms with Crippen LogP contribution in [0, 0.1) is 5.92 Å². The first-order chi connectivity index (χ1) is 8.70. The molecular weight excluding hydrogens is 230 g/mol. The summed E-state index contributed by atoms with van der Waals surface area (Å²) in [5.41, 5.74) is 6.07. The molecule has 0 spiro atoms. The van der Waals surface area contributed by atoms with Crippen LogP contribution in [-0.2, 0) is 11.4 Å². The number of primary amides is 1. The molecule has 2 heterocycles. The van der Waals surface area contributed by atoms with Gasteiger partial charge in [-0.05, 0) is 24.8 Å². The van der Waals surface area contributed by atoms with E-state index in [-0.39, 0.29) is 12.5 Å². The zero-order valence-corrected chi connectivity index (χ0v) is 10.4. The second kappa shape index (κ2) is 5.82. The first-order valence-electron chi connectivity index (χ1n) is 6.28. The molecule has 2 rings (SSSR count). The molecule has 0 aliphatic carbocycles. The van der Waals surface area contributed by atoms with Crippen LogP contribution >= 0.6 is 0 Å². The maximum Gasteiger partial charge on any atom is 0.217 e. The lowest BCUT2D eigenvalue weighted by molar-refractivity contribution is -0.119. The molecule has 1 aliphatic heterocycles. The fraction of sp³-hybridized carbons (Fsp3) is 0.538. The standard InChI is InChI=1S/C13H19N3O2/c14-12(18)8-10-3-6-16(7-4-10)13-11(9-17)2-1-5-15-13/h1-2,5,10,17H,3-4,6-9H2,(H2,14,18). The minimum atomic E-state index is -0.220. The van der Waals surface area contributed by atoms with Gasteiger partial charge in [0.2, 0.25) is 5.91 Å². The third-order valence-corrected chi connectivity index (χ3v) is 3.44. The van der Waals surface area contributed by atoms with E-state index in [4.69, 9.17) is 5.73 Å². The van der Waals surface area contributed by atoms with Gasteiger partial charge in [-0.15, -0.1) is 0 Å². The van der Waals surface area contributed by atoms with Crippen LogP contribution in [0.15, 0.2) is 18.3 Å². The molecule has 18 heavy (non-hydrogen) atoms. The molecule has 1 saturated heterocycles. The van der Waals surface area contributed by atoms with Crippen LogP contribution in [0.5, 0.6) is 0 Å². The molecule has 0 atom stereocenters. The van der Waals surface area contributed by atoms with Gasteiger partial charge in [-0.1, -0.05) is 6.07 Å². The predicted molar refractivity (Wildman–Crippen MR) is 68.9 cm³/mol. The molecule has 3 N–H and O–H groups in total. The quantitative estimate of drug-likeness (QED) is 0.821. The number of amides is 1.